The van der Waals surface area contributed by atoms with Crippen LogP contribution in [0.3, 0.4) is 0 Å². The zero-order valence-electron chi connectivity index (χ0n) is 11.3. The molecule has 0 saturated heterocycles. The van der Waals surface area contributed by atoms with Crippen LogP contribution in [0.4, 0.5) is 8.78 Å². The maximum Gasteiger partial charge on any atom is 0.134 e. The maximum atomic E-state index is 14.1. The van der Waals surface area contributed by atoms with Crippen molar-refractivity contribution in [2.45, 2.75) is 26.8 Å². The second-order valence-corrected chi connectivity index (χ2v) is 4.99. The number of hydrogen-bond acceptors (Lipinski definition) is 1. The Labute approximate surface area is 112 Å². The molecular formula is C16H17F2N. The second kappa shape index (κ2) is 5.10. The van der Waals surface area contributed by atoms with Gasteiger partial charge < -0.3 is 5.73 Å². The lowest BCUT2D eigenvalue weighted by atomic mass is 9.94. The number of aryl methyl sites for hydroxylation is 3. The van der Waals surface area contributed by atoms with Crippen LogP contribution < -0.4 is 5.73 Å². The van der Waals surface area contributed by atoms with E-state index in [9.17, 15) is 8.78 Å². The molecule has 2 rings (SSSR count). The van der Waals surface area contributed by atoms with Gasteiger partial charge >= 0.3 is 0 Å². The van der Waals surface area contributed by atoms with Gasteiger partial charge in [0.15, 0.2) is 0 Å². The minimum absolute atomic E-state index is 0.0648. The molecule has 0 heterocycles. The van der Waals surface area contributed by atoms with Gasteiger partial charge in [0.05, 0.1) is 6.04 Å². The normalized spacial score (nSPS) is 12.5. The van der Waals surface area contributed by atoms with E-state index in [0.717, 1.165) is 16.7 Å². The highest BCUT2D eigenvalue weighted by Crippen LogP contribution is 2.27. The summed E-state index contributed by atoms with van der Waals surface area (Å²) in [5.41, 5.74) is 9.16. The van der Waals surface area contributed by atoms with E-state index in [1.165, 1.54) is 12.1 Å². The lowest BCUT2D eigenvalue weighted by Gasteiger charge is -2.17. The topological polar surface area (TPSA) is 26.0 Å². The molecule has 0 amide bonds. The first-order chi connectivity index (χ1) is 8.90. The number of benzene rings is 2. The summed E-state index contributed by atoms with van der Waals surface area (Å²) in [7, 11) is 0. The first-order valence-corrected chi connectivity index (χ1v) is 6.18. The van der Waals surface area contributed by atoms with Crippen LogP contribution in [-0.4, -0.2) is 0 Å². The Morgan fingerprint density at radius 2 is 1.53 bits per heavy atom. The van der Waals surface area contributed by atoms with Crippen LogP contribution in [-0.2, 0) is 0 Å². The molecular weight excluding hydrogens is 244 g/mol. The van der Waals surface area contributed by atoms with Crippen molar-refractivity contribution in [1.29, 1.82) is 0 Å². The highest BCUT2D eigenvalue weighted by atomic mass is 19.1. The lowest BCUT2D eigenvalue weighted by Crippen LogP contribution is -2.16. The quantitative estimate of drug-likeness (QED) is 0.870. The van der Waals surface area contributed by atoms with Crippen molar-refractivity contribution in [3.63, 3.8) is 0 Å². The molecule has 2 N–H and O–H groups in total. The Hall–Kier alpha value is -1.74. The number of halogens is 2. The fourth-order valence-electron chi connectivity index (χ4n) is 2.32. The van der Waals surface area contributed by atoms with Crippen LogP contribution in [0.25, 0.3) is 0 Å². The summed E-state index contributed by atoms with van der Waals surface area (Å²) < 4.78 is 27.9. The van der Waals surface area contributed by atoms with Gasteiger partial charge in [-0.2, -0.15) is 0 Å². The van der Waals surface area contributed by atoms with Gasteiger partial charge in [-0.15, -0.1) is 0 Å². The van der Waals surface area contributed by atoms with Crippen molar-refractivity contribution in [1.82, 2.24) is 0 Å². The molecule has 0 aliphatic carbocycles. The summed E-state index contributed by atoms with van der Waals surface area (Å²) in [6, 6.07) is 7.61. The van der Waals surface area contributed by atoms with Crippen LogP contribution >= 0.6 is 0 Å². The third kappa shape index (κ3) is 2.66. The maximum absolute atomic E-state index is 14.1. The van der Waals surface area contributed by atoms with E-state index < -0.39 is 17.7 Å². The minimum atomic E-state index is -0.793. The van der Waals surface area contributed by atoms with E-state index in [1.807, 2.05) is 32.0 Å². The van der Waals surface area contributed by atoms with Crippen molar-refractivity contribution >= 4 is 0 Å². The molecule has 2 aromatic rings. The predicted molar refractivity (Wildman–Crippen MR) is 73.0 cm³/mol. The van der Waals surface area contributed by atoms with Gasteiger partial charge in [-0.3, -0.25) is 0 Å². The summed E-state index contributed by atoms with van der Waals surface area (Å²) in [5, 5.41) is 0. The van der Waals surface area contributed by atoms with Crippen molar-refractivity contribution < 1.29 is 8.78 Å². The highest BCUT2D eigenvalue weighted by Gasteiger charge is 2.20. The summed E-state index contributed by atoms with van der Waals surface area (Å²) in [4.78, 5) is 0. The van der Waals surface area contributed by atoms with E-state index >= 15 is 0 Å². The monoisotopic (exact) mass is 261 g/mol. The lowest BCUT2D eigenvalue weighted by molar-refractivity contribution is 0.538. The van der Waals surface area contributed by atoms with Crippen LogP contribution in [0.5, 0.6) is 0 Å². The fourth-order valence-corrected chi connectivity index (χ4v) is 2.32. The van der Waals surface area contributed by atoms with Crippen molar-refractivity contribution in [3.8, 4) is 0 Å². The fraction of sp³-hybridized carbons (Fsp3) is 0.250. The van der Waals surface area contributed by atoms with Crippen molar-refractivity contribution in [2.75, 3.05) is 0 Å². The zero-order chi connectivity index (χ0) is 14.2. The van der Waals surface area contributed by atoms with E-state index in [2.05, 4.69) is 0 Å². The molecule has 0 radical (unpaired) electrons. The van der Waals surface area contributed by atoms with Crippen LogP contribution in [0, 0.1) is 32.4 Å². The Balaban J connectivity index is 2.55. The Morgan fingerprint density at radius 1 is 0.947 bits per heavy atom. The first-order valence-electron chi connectivity index (χ1n) is 6.18. The summed E-state index contributed by atoms with van der Waals surface area (Å²) in [6.07, 6.45) is 0. The molecule has 0 aromatic heterocycles. The average Bonchev–Trinajstić information content (AvgIpc) is 2.33. The molecule has 0 spiro atoms. The Kier molecular flexibility index (Phi) is 3.67. The molecule has 0 fully saturated rings. The molecule has 1 nitrogen and oxygen atoms in total. The number of nitrogens with two attached hydrogens (primary N) is 1. The van der Waals surface area contributed by atoms with Crippen LogP contribution in [0.15, 0.2) is 30.3 Å². The largest absolute Gasteiger partial charge is 0.320 e. The zero-order valence-corrected chi connectivity index (χ0v) is 11.3. The average molecular weight is 261 g/mol. The van der Waals surface area contributed by atoms with Gasteiger partial charge in [0, 0.05) is 5.56 Å². The highest BCUT2D eigenvalue weighted by molar-refractivity contribution is 5.39. The van der Waals surface area contributed by atoms with Gasteiger partial charge in [0.1, 0.15) is 11.6 Å². The van der Waals surface area contributed by atoms with E-state index in [1.54, 1.807) is 6.92 Å². The standard InChI is InChI=1S/C16H17F2N/c1-9-6-10(2)8-12(7-9)16(19)14-13(17)5-4-11(3)15(14)18/h4-8,16H,19H2,1-3H3. The molecule has 0 bridgehead atoms. The summed E-state index contributed by atoms with van der Waals surface area (Å²) in [6.45, 7) is 5.48. The Morgan fingerprint density at radius 3 is 2.11 bits per heavy atom. The minimum Gasteiger partial charge on any atom is -0.320 e. The van der Waals surface area contributed by atoms with Crippen LogP contribution in [0.1, 0.15) is 33.9 Å². The molecule has 3 heteroatoms. The van der Waals surface area contributed by atoms with Gasteiger partial charge in [-0.25, -0.2) is 8.78 Å². The Bertz CT molecular complexity index is 600. The molecule has 100 valence electrons. The summed E-state index contributed by atoms with van der Waals surface area (Å²) >= 11 is 0. The van der Waals surface area contributed by atoms with Gasteiger partial charge in [0.2, 0.25) is 0 Å². The van der Waals surface area contributed by atoms with Gasteiger partial charge in [-0.1, -0.05) is 35.4 Å². The SMILES string of the molecule is Cc1cc(C)cc(C(N)c2c(F)ccc(C)c2F)c1. The molecule has 0 saturated carbocycles. The van der Waals surface area contributed by atoms with E-state index in [-0.39, 0.29) is 5.56 Å². The van der Waals surface area contributed by atoms with Crippen LogP contribution in [0.2, 0.25) is 0 Å². The molecule has 1 atom stereocenters. The molecule has 1 unspecified atom stereocenters. The number of rotatable bonds is 2. The van der Waals surface area contributed by atoms with Crippen molar-refractivity contribution in [3.05, 3.63) is 69.8 Å². The second-order valence-electron chi connectivity index (χ2n) is 4.99. The van der Waals surface area contributed by atoms with Crippen molar-refractivity contribution in [2.24, 2.45) is 5.73 Å². The van der Waals surface area contributed by atoms with E-state index in [4.69, 9.17) is 5.73 Å². The van der Waals surface area contributed by atoms with E-state index in [0.29, 0.717) is 5.56 Å². The molecule has 2 aromatic carbocycles. The summed E-state index contributed by atoms with van der Waals surface area (Å²) in [5.74, 6) is -1.17. The third-order valence-electron chi connectivity index (χ3n) is 3.23. The number of hydrogen-bond donors (Lipinski definition) is 1. The smallest absolute Gasteiger partial charge is 0.134 e. The predicted octanol–water partition coefficient (Wildman–Crippen LogP) is 3.94. The third-order valence-corrected chi connectivity index (χ3v) is 3.23. The molecule has 0 aliphatic rings. The molecule has 19 heavy (non-hydrogen) atoms. The van der Waals surface area contributed by atoms with Gasteiger partial charge in [0.25, 0.3) is 0 Å². The molecule has 0 aliphatic heterocycles. The van der Waals surface area contributed by atoms with Gasteiger partial charge in [-0.05, 0) is 38.0 Å². The first kappa shape index (κ1) is 13.7.